The summed E-state index contributed by atoms with van der Waals surface area (Å²) in [7, 11) is 0. The SMILES string of the molecule is O=C(O)C1CCN(C(=O)Nc2ccn(-c3cccc(C(F)(F)F)c3)n2)CC1. The zero-order chi connectivity index (χ0) is 19.6. The van der Waals surface area contributed by atoms with Gasteiger partial charge in [-0.2, -0.15) is 13.2 Å². The van der Waals surface area contributed by atoms with Gasteiger partial charge >= 0.3 is 18.2 Å². The summed E-state index contributed by atoms with van der Waals surface area (Å²) in [5.41, 5.74) is -0.574. The van der Waals surface area contributed by atoms with Gasteiger partial charge in [-0.1, -0.05) is 6.07 Å². The van der Waals surface area contributed by atoms with Gasteiger partial charge in [0.25, 0.3) is 0 Å². The molecule has 0 aliphatic carbocycles. The van der Waals surface area contributed by atoms with Crippen LogP contribution in [0.3, 0.4) is 0 Å². The standard InChI is InChI=1S/C17H17F3N4O3/c18-17(19,20)12-2-1-3-13(10-12)24-9-6-14(22-24)21-16(27)23-7-4-11(5-8-23)15(25)26/h1-3,6,9-11H,4-5,7-8H2,(H,25,26)(H,21,22,27). The van der Waals surface area contributed by atoms with Crippen LogP contribution in [-0.4, -0.2) is 44.9 Å². The summed E-state index contributed by atoms with van der Waals surface area (Å²) < 4.78 is 39.7. The molecule has 0 spiro atoms. The van der Waals surface area contributed by atoms with Crippen molar-refractivity contribution >= 4 is 17.8 Å². The third kappa shape index (κ3) is 4.39. The molecule has 0 radical (unpaired) electrons. The Kier molecular flexibility index (Phi) is 5.06. The molecule has 0 saturated carbocycles. The number of carboxylic acid groups (broad SMARTS) is 1. The average molecular weight is 382 g/mol. The number of anilines is 1. The molecule has 7 nitrogen and oxygen atoms in total. The third-order valence-corrected chi connectivity index (χ3v) is 4.39. The number of nitrogens with zero attached hydrogens (tertiary/aromatic N) is 3. The lowest BCUT2D eigenvalue weighted by Gasteiger charge is -2.29. The lowest BCUT2D eigenvalue weighted by molar-refractivity contribution is -0.143. The number of aliphatic carboxylic acids is 1. The number of alkyl halides is 3. The molecule has 1 aliphatic rings. The van der Waals surface area contributed by atoms with Gasteiger partial charge in [-0.3, -0.25) is 10.1 Å². The lowest BCUT2D eigenvalue weighted by atomic mass is 9.97. The fourth-order valence-corrected chi connectivity index (χ4v) is 2.88. The summed E-state index contributed by atoms with van der Waals surface area (Å²) in [6.07, 6.45) is -2.26. The number of halogens is 3. The Bertz CT molecular complexity index is 842. The molecule has 2 aromatic rings. The summed E-state index contributed by atoms with van der Waals surface area (Å²) in [5.74, 6) is -1.12. The number of carboxylic acids is 1. The number of hydrogen-bond donors (Lipinski definition) is 2. The largest absolute Gasteiger partial charge is 0.481 e. The van der Waals surface area contributed by atoms with E-state index in [0.717, 1.165) is 12.1 Å². The first-order valence-corrected chi connectivity index (χ1v) is 8.26. The topological polar surface area (TPSA) is 87.5 Å². The predicted molar refractivity (Wildman–Crippen MR) is 89.5 cm³/mol. The number of piperidine rings is 1. The van der Waals surface area contributed by atoms with E-state index in [1.807, 2.05) is 0 Å². The van der Waals surface area contributed by atoms with Crippen LogP contribution in [0.1, 0.15) is 18.4 Å². The van der Waals surface area contributed by atoms with E-state index in [2.05, 4.69) is 10.4 Å². The molecule has 1 fully saturated rings. The van der Waals surface area contributed by atoms with E-state index in [0.29, 0.717) is 25.9 Å². The number of hydrogen-bond acceptors (Lipinski definition) is 3. The van der Waals surface area contributed by atoms with Crippen molar-refractivity contribution in [3.63, 3.8) is 0 Å². The van der Waals surface area contributed by atoms with Crippen molar-refractivity contribution in [1.29, 1.82) is 0 Å². The van der Waals surface area contributed by atoms with E-state index < -0.39 is 29.7 Å². The summed E-state index contributed by atoms with van der Waals surface area (Å²) in [5, 5.41) is 15.6. The number of carbonyl (C=O) groups is 2. The fraction of sp³-hybridized carbons (Fsp3) is 0.353. The maximum absolute atomic E-state index is 12.8. The smallest absolute Gasteiger partial charge is 0.416 e. The number of carbonyl (C=O) groups excluding carboxylic acids is 1. The van der Waals surface area contributed by atoms with E-state index in [4.69, 9.17) is 5.11 Å². The molecule has 3 rings (SSSR count). The first kappa shape index (κ1) is 18.7. The van der Waals surface area contributed by atoms with Gasteiger partial charge in [-0.05, 0) is 31.0 Å². The van der Waals surface area contributed by atoms with Gasteiger partial charge < -0.3 is 10.0 Å². The van der Waals surface area contributed by atoms with Crippen LogP contribution in [0.2, 0.25) is 0 Å². The minimum absolute atomic E-state index is 0.192. The van der Waals surface area contributed by atoms with E-state index in [-0.39, 0.29) is 11.5 Å². The van der Waals surface area contributed by atoms with Crippen molar-refractivity contribution < 1.29 is 27.9 Å². The molecule has 27 heavy (non-hydrogen) atoms. The Hall–Kier alpha value is -3.04. The molecule has 1 aliphatic heterocycles. The van der Waals surface area contributed by atoms with E-state index >= 15 is 0 Å². The van der Waals surface area contributed by atoms with E-state index in [9.17, 15) is 22.8 Å². The van der Waals surface area contributed by atoms with E-state index in [1.165, 1.54) is 34.0 Å². The molecule has 2 amide bonds. The lowest BCUT2D eigenvalue weighted by Crippen LogP contribution is -2.42. The normalized spacial score (nSPS) is 15.6. The molecule has 10 heteroatoms. The number of aromatic nitrogens is 2. The van der Waals surface area contributed by atoms with Gasteiger partial charge in [0.05, 0.1) is 17.2 Å². The van der Waals surface area contributed by atoms with Crippen LogP contribution in [0, 0.1) is 5.92 Å². The Morgan fingerprint density at radius 3 is 2.52 bits per heavy atom. The number of benzene rings is 1. The van der Waals surface area contributed by atoms with Crippen molar-refractivity contribution in [3.05, 3.63) is 42.1 Å². The van der Waals surface area contributed by atoms with Crippen molar-refractivity contribution in [2.45, 2.75) is 19.0 Å². The van der Waals surface area contributed by atoms with Gasteiger partial charge in [0.15, 0.2) is 5.82 Å². The maximum atomic E-state index is 12.8. The van der Waals surface area contributed by atoms with Crippen LogP contribution < -0.4 is 5.32 Å². The first-order valence-electron chi connectivity index (χ1n) is 8.26. The highest BCUT2D eigenvalue weighted by Gasteiger charge is 2.30. The summed E-state index contributed by atoms with van der Waals surface area (Å²) >= 11 is 0. The number of urea groups is 1. The maximum Gasteiger partial charge on any atom is 0.416 e. The van der Waals surface area contributed by atoms with Crippen molar-refractivity contribution in [1.82, 2.24) is 14.7 Å². The minimum atomic E-state index is -4.46. The van der Waals surface area contributed by atoms with Crippen LogP contribution in [0.25, 0.3) is 5.69 Å². The molecule has 1 aromatic heterocycles. The van der Waals surface area contributed by atoms with Gasteiger partial charge in [0.1, 0.15) is 0 Å². The van der Waals surface area contributed by atoms with Gasteiger partial charge in [-0.15, -0.1) is 5.10 Å². The van der Waals surface area contributed by atoms with Crippen LogP contribution in [0.4, 0.5) is 23.8 Å². The summed E-state index contributed by atoms with van der Waals surface area (Å²) in [6.45, 7) is 0.633. The highest BCUT2D eigenvalue weighted by atomic mass is 19.4. The molecule has 0 unspecified atom stereocenters. The second-order valence-corrected chi connectivity index (χ2v) is 6.22. The molecule has 1 saturated heterocycles. The van der Waals surface area contributed by atoms with Crippen molar-refractivity contribution in [3.8, 4) is 5.69 Å². The minimum Gasteiger partial charge on any atom is -0.481 e. The zero-order valence-electron chi connectivity index (χ0n) is 14.1. The van der Waals surface area contributed by atoms with Gasteiger partial charge in [0.2, 0.25) is 0 Å². The Morgan fingerprint density at radius 2 is 1.89 bits per heavy atom. The molecule has 2 heterocycles. The average Bonchev–Trinajstić information content (AvgIpc) is 3.09. The molecule has 0 atom stereocenters. The fourth-order valence-electron chi connectivity index (χ4n) is 2.88. The molecular weight excluding hydrogens is 365 g/mol. The highest BCUT2D eigenvalue weighted by Crippen LogP contribution is 2.30. The van der Waals surface area contributed by atoms with Crippen LogP contribution >= 0.6 is 0 Å². The molecular formula is C17H17F3N4O3. The number of likely N-dealkylation sites (tertiary alicyclic amines) is 1. The third-order valence-electron chi connectivity index (χ3n) is 4.39. The number of rotatable bonds is 3. The second-order valence-electron chi connectivity index (χ2n) is 6.22. The van der Waals surface area contributed by atoms with Crippen LogP contribution in [-0.2, 0) is 11.0 Å². The Labute approximate surface area is 152 Å². The van der Waals surface area contributed by atoms with Crippen molar-refractivity contribution in [2.75, 3.05) is 18.4 Å². The van der Waals surface area contributed by atoms with Crippen molar-refractivity contribution in [2.24, 2.45) is 5.92 Å². The highest BCUT2D eigenvalue weighted by molar-refractivity contribution is 5.88. The van der Waals surface area contributed by atoms with Gasteiger partial charge in [0, 0.05) is 25.4 Å². The quantitative estimate of drug-likeness (QED) is 0.853. The Balaban J connectivity index is 1.65. The summed E-state index contributed by atoms with van der Waals surface area (Å²) in [4.78, 5) is 24.7. The first-order chi connectivity index (χ1) is 12.7. The number of nitrogens with one attached hydrogen (secondary N) is 1. The van der Waals surface area contributed by atoms with E-state index in [1.54, 1.807) is 0 Å². The second kappa shape index (κ2) is 7.29. The summed E-state index contributed by atoms with van der Waals surface area (Å²) in [6, 6.07) is 5.75. The van der Waals surface area contributed by atoms with Gasteiger partial charge in [-0.25, -0.2) is 9.48 Å². The molecule has 144 valence electrons. The number of amides is 2. The molecule has 1 aromatic carbocycles. The molecule has 0 bridgehead atoms. The molecule has 2 N–H and O–H groups in total. The van der Waals surface area contributed by atoms with Crippen LogP contribution in [0.15, 0.2) is 36.5 Å². The zero-order valence-corrected chi connectivity index (χ0v) is 14.1. The monoisotopic (exact) mass is 382 g/mol. The predicted octanol–water partition coefficient (Wildman–Crippen LogP) is 3.22. The van der Waals surface area contributed by atoms with Crippen LogP contribution in [0.5, 0.6) is 0 Å². The Morgan fingerprint density at radius 1 is 1.19 bits per heavy atom.